The Balaban J connectivity index is 1.63. The SMILES string of the molecule is CCc1cc(C(F)(F)F)n2nc([C@@H]3CCCN3C(=O)C[C@@H](C)n3cccn3)cc2n1. The first-order valence-corrected chi connectivity index (χ1v) is 10.0. The minimum atomic E-state index is -4.54. The summed E-state index contributed by atoms with van der Waals surface area (Å²) >= 11 is 0. The van der Waals surface area contributed by atoms with E-state index in [-0.39, 0.29) is 30.1 Å². The van der Waals surface area contributed by atoms with E-state index in [0.717, 1.165) is 17.0 Å². The van der Waals surface area contributed by atoms with Crippen LogP contribution in [0.4, 0.5) is 13.2 Å². The van der Waals surface area contributed by atoms with Gasteiger partial charge in [0, 0.05) is 37.1 Å². The molecule has 0 N–H and O–H groups in total. The molecule has 2 atom stereocenters. The van der Waals surface area contributed by atoms with Crippen molar-refractivity contribution in [2.75, 3.05) is 6.54 Å². The van der Waals surface area contributed by atoms with E-state index in [1.165, 1.54) is 0 Å². The standard InChI is InChI=1S/C20H23F3N6O/c1-3-14-11-17(20(21,22)23)29-18(25-14)12-15(26-29)16-6-4-8-27(16)19(30)10-13(2)28-9-5-7-24-28/h5,7,9,11-13,16H,3-4,6,8,10H2,1-2H3/t13-,16+/m1/s1. The summed E-state index contributed by atoms with van der Waals surface area (Å²) in [5, 5.41) is 8.39. The van der Waals surface area contributed by atoms with Gasteiger partial charge in [0.1, 0.15) is 5.69 Å². The molecule has 0 aromatic carbocycles. The summed E-state index contributed by atoms with van der Waals surface area (Å²) in [6.07, 6.45) is 1.01. The largest absolute Gasteiger partial charge is 0.433 e. The van der Waals surface area contributed by atoms with Crippen LogP contribution in [0.1, 0.15) is 62.3 Å². The molecular formula is C20H23F3N6O. The van der Waals surface area contributed by atoms with Gasteiger partial charge in [0.25, 0.3) is 0 Å². The van der Waals surface area contributed by atoms with Crippen LogP contribution in [0.5, 0.6) is 0 Å². The zero-order valence-electron chi connectivity index (χ0n) is 16.8. The second kappa shape index (κ2) is 7.73. The number of alkyl halides is 3. The van der Waals surface area contributed by atoms with Crippen LogP contribution in [0.2, 0.25) is 0 Å². The molecule has 160 valence electrons. The second-order valence-electron chi connectivity index (χ2n) is 7.61. The van der Waals surface area contributed by atoms with Crippen molar-refractivity contribution in [3.8, 4) is 0 Å². The van der Waals surface area contributed by atoms with Crippen molar-refractivity contribution < 1.29 is 18.0 Å². The molecule has 1 saturated heterocycles. The fourth-order valence-electron chi connectivity index (χ4n) is 3.97. The number of likely N-dealkylation sites (tertiary alicyclic amines) is 1. The highest BCUT2D eigenvalue weighted by Crippen LogP contribution is 2.35. The Morgan fingerprint density at radius 1 is 1.33 bits per heavy atom. The normalized spacial score (nSPS) is 18.3. The number of amides is 1. The first kappa shape index (κ1) is 20.4. The smallest absolute Gasteiger partial charge is 0.334 e. The molecule has 10 heteroatoms. The van der Waals surface area contributed by atoms with Gasteiger partial charge >= 0.3 is 6.18 Å². The summed E-state index contributed by atoms with van der Waals surface area (Å²) in [7, 11) is 0. The van der Waals surface area contributed by atoms with Gasteiger partial charge in [0.05, 0.1) is 17.8 Å². The molecule has 0 unspecified atom stereocenters. The lowest BCUT2D eigenvalue weighted by atomic mass is 10.1. The van der Waals surface area contributed by atoms with Crippen LogP contribution in [-0.2, 0) is 17.4 Å². The first-order valence-electron chi connectivity index (χ1n) is 10.0. The van der Waals surface area contributed by atoms with Gasteiger partial charge in [0.2, 0.25) is 5.91 Å². The Kier molecular flexibility index (Phi) is 5.25. The molecule has 1 fully saturated rings. The molecule has 30 heavy (non-hydrogen) atoms. The monoisotopic (exact) mass is 420 g/mol. The topological polar surface area (TPSA) is 68.3 Å². The maximum atomic E-state index is 13.5. The van der Waals surface area contributed by atoms with Gasteiger partial charge in [0.15, 0.2) is 5.65 Å². The van der Waals surface area contributed by atoms with E-state index >= 15 is 0 Å². The third-order valence-electron chi connectivity index (χ3n) is 5.51. The van der Waals surface area contributed by atoms with E-state index in [2.05, 4.69) is 15.2 Å². The van der Waals surface area contributed by atoms with Gasteiger partial charge in [-0.3, -0.25) is 9.48 Å². The van der Waals surface area contributed by atoms with Crippen LogP contribution in [0.15, 0.2) is 30.6 Å². The number of aromatic nitrogens is 5. The quantitative estimate of drug-likeness (QED) is 0.629. The molecule has 0 bridgehead atoms. The molecule has 4 heterocycles. The van der Waals surface area contributed by atoms with Crippen LogP contribution in [0, 0.1) is 0 Å². The minimum absolute atomic E-state index is 0.0594. The summed E-state index contributed by atoms with van der Waals surface area (Å²) in [6.45, 7) is 4.23. The van der Waals surface area contributed by atoms with Crippen LogP contribution >= 0.6 is 0 Å². The van der Waals surface area contributed by atoms with Gasteiger partial charge in [-0.15, -0.1) is 0 Å². The zero-order valence-corrected chi connectivity index (χ0v) is 16.8. The van der Waals surface area contributed by atoms with Crippen LogP contribution in [-0.4, -0.2) is 41.7 Å². The average Bonchev–Trinajstić information content (AvgIpc) is 3.45. The Hall–Kier alpha value is -2.91. The molecule has 0 radical (unpaired) electrons. The summed E-state index contributed by atoms with van der Waals surface area (Å²) in [5.74, 6) is -0.0594. The lowest BCUT2D eigenvalue weighted by Crippen LogP contribution is -2.32. The molecule has 1 aliphatic heterocycles. The molecule has 4 rings (SSSR count). The molecule has 0 saturated carbocycles. The Morgan fingerprint density at radius 3 is 2.80 bits per heavy atom. The van der Waals surface area contributed by atoms with Gasteiger partial charge in [-0.05, 0) is 38.3 Å². The second-order valence-corrected chi connectivity index (χ2v) is 7.61. The van der Waals surface area contributed by atoms with Crippen LogP contribution < -0.4 is 0 Å². The molecule has 0 spiro atoms. The fourth-order valence-corrected chi connectivity index (χ4v) is 3.97. The average molecular weight is 420 g/mol. The predicted octanol–water partition coefficient (Wildman–Crippen LogP) is 3.82. The van der Waals surface area contributed by atoms with Crippen LogP contribution in [0.25, 0.3) is 5.65 Å². The van der Waals surface area contributed by atoms with Crippen molar-refractivity contribution in [3.63, 3.8) is 0 Å². The summed E-state index contributed by atoms with van der Waals surface area (Å²) in [5.41, 5.74) is 0.104. The highest BCUT2D eigenvalue weighted by molar-refractivity contribution is 5.77. The molecule has 3 aromatic rings. The number of aryl methyl sites for hydroxylation is 1. The zero-order chi connectivity index (χ0) is 21.5. The number of halogens is 3. The number of carbonyl (C=O) groups is 1. The number of carbonyl (C=O) groups excluding carboxylic acids is 1. The van der Waals surface area contributed by atoms with E-state index in [1.807, 2.05) is 6.92 Å². The van der Waals surface area contributed by atoms with Gasteiger partial charge in [-0.2, -0.15) is 23.4 Å². The van der Waals surface area contributed by atoms with E-state index in [0.29, 0.717) is 30.8 Å². The lowest BCUT2D eigenvalue weighted by Gasteiger charge is -2.25. The minimum Gasteiger partial charge on any atom is -0.334 e. The summed E-state index contributed by atoms with van der Waals surface area (Å²) < 4.78 is 43.2. The Bertz CT molecular complexity index is 1040. The summed E-state index contributed by atoms with van der Waals surface area (Å²) in [4.78, 5) is 18.9. The molecule has 7 nitrogen and oxygen atoms in total. The maximum absolute atomic E-state index is 13.5. The van der Waals surface area contributed by atoms with Crippen molar-refractivity contribution in [2.45, 2.75) is 57.8 Å². The fraction of sp³-hybridized carbons (Fsp3) is 0.500. The Labute approximate surface area is 171 Å². The van der Waals surface area contributed by atoms with Gasteiger partial charge < -0.3 is 4.90 Å². The van der Waals surface area contributed by atoms with E-state index < -0.39 is 11.9 Å². The van der Waals surface area contributed by atoms with E-state index in [9.17, 15) is 18.0 Å². The molecule has 0 aliphatic carbocycles. The lowest BCUT2D eigenvalue weighted by molar-refractivity contribution is -0.142. The number of hydrogen-bond acceptors (Lipinski definition) is 4. The van der Waals surface area contributed by atoms with Crippen LogP contribution in [0.3, 0.4) is 0 Å². The van der Waals surface area contributed by atoms with Gasteiger partial charge in [-0.1, -0.05) is 6.92 Å². The number of rotatable bonds is 5. The molecule has 3 aromatic heterocycles. The number of hydrogen-bond donors (Lipinski definition) is 0. The highest BCUT2D eigenvalue weighted by atomic mass is 19.4. The summed E-state index contributed by atoms with van der Waals surface area (Å²) in [6, 6.07) is 3.94. The van der Waals surface area contributed by atoms with E-state index in [1.54, 1.807) is 41.0 Å². The maximum Gasteiger partial charge on any atom is 0.433 e. The molecule has 1 amide bonds. The number of fused-ring (bicyclic) bond motifs is 1. The van der Waals surface area contributed by atoms with Crippen molar-refractivity contribution in [1.82, 2.24) is 29.3 Å². The third kappa shape index (κ3) is 3.78. The van der Waals surface area contributed by atoms with Crippen molar-refractivity contribution >= 4 is 11.6 Å². The molecular weight excluding hydrogens is 397 g/mol. The first-order chi connectivity index (χ1) is 14.3. The Morgan fingerprint density at radius 2 is 2.13 bits per heavy atom. The highest BCUT2D eigenvalue weighted by Gasteiger charge is 2.37. The van der Waals surface area contributed by atoms with Crippen molar-refractivity contribution in [3.05, 3.63) is 47.7 Å². The van der Waals surface area contributed by atoms with Crippen molar-refractivity contribution in [1.29, 1.82) is 0 Å². The van der Waals surface area contributed by atoms with E-state index in [4.69, 9.17) is 0 Å². The predicted molar refractivity (Wildman–Crippen MR) is 103 cm³/mol. The third-order valence-corrected chi connectivity index (χ3v) is 5.51. The number of nitrogens with zero attached hydrogens (tertiary/aromatic N) is 6. The van der Waals surface area contributed by atoms with Crippen molar-refractivity contribution in [2.24, 2.45) is 0 Å². The van der Waals surface area contributed by atoms with Gasteiger partial charge in [-0.25, -0.2) is 9.50 Å². The molecule has 1 aliphatic rings.